The van der Waals surface area contributed by atoms with E-state index in [1.165, 1.54) is 12.3 Å². The van der Waals surface area contributed by atoms with Gasteiger partial charge in [0.15, 0.2) is 0 Å². The van der Waals surface area contributed by atoms with E-state index in [0.717, 1.165) is 41.3 Å². The Morgan fingerprint density at radius 1 is 1.12 bits per heavy atom. The monoisotopic (exact) mass is 608 g/mol. The van der Waals surface area contributed by atoms with E-state index >= 15 is 0 Å². The first kappa shape index (κ1) is 30.0. The minimum absolute atomic E-state index is 0.0600. The Bertz CT molecular complexity index is 1590. The number of aromatic nitrogens is 1. The standard InChI is InChI=1S/C31H36N4O5S2/c1-21(2)19-35(3)20-22-9-10-24-25(13-15-39-28(24)17-22)32-30(36)18-27(23-7-5-4-6-8-23)34-42(37,38)31-12-11-29(41-31)26-14-16-40-33-26/h4-12,14,16-17,21,25,27,34H,13,15,18-20H2,1-3H3,(H,32,36). The molecule has 0 radical (unpaired) electrons. The molecule has 42 heavy (non-hydrogen) atoms. The van der Waals surface area contributed by atoms with E-state index in [1.54, 1.807) is 12.1 Å². The molecule has 4 aromatic rings. The molecule has 222 valence electrons. The first-order chi connectivity index (χ1) is 20.2. The minimum atomic E-state index is -3.92. The zero-order valence-electron chi connectivity index (χ0n) is 23.9. The summed E-state index contributed by atoms with van der Waals surface area (Å²) >= 11 is 1.09. The summed E-state index contributed by atoms with van der Waals surface area (Å²) in [6, 6.07) is 19.2. The van der Waals surface area contributed by atoms with Crippen molar-refractivity contribution in [3.63, 3.8) is 0 Å². The molecular formula is C31H36N4O5S2. The molecule has 0 aliphatic carbocycles. The minimum Gasteiger partial charge on any atom is -0.493 e. The van der Waals surface area contributed by atoms with Gasteiger partial charge in [-0.2, -0.15) is 0 Å². The summed E-state index contributed by atoms with van der Waals surface area (Å²) in [5.41, 5.74) is 3.35. The third-order valence-corrected chi connectivity index (χ3v) is 10.1. The van der Waals surface area contributed by atoms with Crippen molar-refractivity contribution in [3.8, 4) is 16.3 Å². The fourth-order valence-electron chi connectivity index (χ4n) is 5.22. The number of sulfonamides is 1. The normalized spacial score (nSPS) is 15.8. The third kappa shape index (κ3) is 7.46. The molecule has 5 rings (SSSR count). The zero-order valence-corrected chi connectivity index (χ0v) is 25.6. The van der Waals surface area contributed by atoms with E-state index < -0.39 is 16.1 Å². The molecule has 3 heterocycles. The van der Waals surface area contributed by atoms with Crippen LogP contribution in [-0.4, -0.2) is 44.6 Å². The summed E-state index contributed by atoms with van der Waals surface area (Å²) in [7, 11) is -1.82. The smallest absolute Gasteiger partial charge is 0.250 e. The van der Waals surface area contributed by atoms with Gasteiger partial charge < -0.3 is 19.5 Å². The predicted octanol–water partition coefficient (Wildman–Crippen LogP) is 5.54. The van der Waals surface area contributed by atoms with Crippen molar-refractivity contribution in [3.05, 3.63) is 89.7 Å². The van der Waals surface area contributed by atoms with Crippen LogP contribution in [0.15, 0.2) is 81.7 Å². The molecule has 1 aliphatic rings. The lowest BCUT2D eigenvalue weighted by atomic mass is 9.97. The molecule has 2 atom stereocenters. The fourth-order valence-corrected chi connectivity index (χ4v) is 7.73. The molecule has 0 bridgehead atoms. The number of hydrogen-bond acceptors (Lipinski definition) is 8. The average Bonchev–Trinajstić information content (AvgIpc) is 3.66. The number of nitrogens with zero attached hydrogens (tertiary/aromatic N) is 2. The van der Waals surface area contributed by atoms with Gasteiger partial charge in [0.1, 0.15) is 21.9 Å². The van der Waals surface area contributed by atoms with Crippen molar-refractivity contribution < 1.29 is 22.5 Å². The second kappa shape index (κ2) is 13.2. The zero-order chi connectivity index (χ0) is 29.7. The van der Waals surface area contributed by atoms with Gasteiger partial charge in [-0.3, -0.25) is 4.79 Å². The molecule has 2 unspecified atom stereocenters. The van der Waals surface area contributed by atoms with Crippen LogP contribution in [0.1, 0.15) is 55.5 Å². The van der Waals surface area contributed by atoms with Crippen molar-refractivity contribution in [2.24, 2.45) is 5.92 Å². The van der Waals surface area contributed by atoms with Crippen LogP contribution in [-0.2, 0) is 21.4 Å². The number of fused-ring (bicyclic) bond motifs is 1. The second-order valence-electron chi connectivity index (χ2n) is 11.0. The number of hydrogen-bond donors (Lipinski definition) is 2. The number of amides is 1. The maximum Gasteiger partial charge on any atom is 0.250 e. The van der Waals surface area contributed by atoms with Crippen LogP contribution < -0.4 is 14.8 Å². The summed E-state index contributed by atoms with van der Waals surface area (Å²) in [4.78, 5) is 16.3. The Hall–Kier alpha value is -3.51. The van der Waals surface area contributed by atoms with Crippen LogP contribution >= 0.6 is 11.3 Å². The van der Waals surface area contributed by atoms with E-state index in [9.17, 15) is 13.2 Å². The maximum absolute atomic E-state index is 13.4. The van der Waals surface area contributed by atoms with Gasteiger partial charge in [-0.05, 0) is 42.3 Å². The molecule has 2 aromatic heterocycles. The van der Waals surface area contributed by atoms with Crippen LogP contribution in [0.3, 0.4) is 0 Å². The highest BCUT2D eigenvalue weighted by Gasteiger charge is 2.28. The lowest BCUT2D eigenvalue weighted by Gasteiger charge is -2.28. The van der Waals surface area contributed by atoms with Gasteiger partial charge in [0.05, 0.1) is 23.6 Å². The van der Waals surface area contributed by atoms with Gasteiger partial charge in [0, 0.05) is 37.6 Å². The maximum atomic E-state index is 13.4. The van der Waals surface area contributed by atoms with Crippen molar-refractivity contribution >= 4 is 27.3 Å². The quantitative estimate of drug-likeness (QED) is 0.217. The highest BCUT2D eigenvalue weighted by atomic mass is 32.2. The van der Waals surface area contributed by atoms with Gasteiger partial charge in [-0.25, -0.2) is 13.1 Å². The lowest BCUT2D eigenvalue weighted by Crippen LogP contribution is -2.36. The molecular weight excluding hydrogens is 572 g/mol. The molecule has 0 fully saturated rings. The highest BCUT2D eigenvalue weighted by molar-refractivity contribution is 7.91. The first-order valence-electron chi connectivity index (χ1n) is 14.0. The van der Waals surface area contributed by atoms with Crippen LogP contribution in [0, 0.1) is 5.92 Å². The summed E-state index contributed by atoms with van der Waals surface area (Å²) < 4.78 is 40.6. The number of benzene rings is 2. The van der Waals surface area contributed by atoms with E-state index in [4.69, 9.17) is 9.26 Å². The van der Waals surface area contributed by atoms with Crippen LogP contribution in [0.2, 0.25) is 0 Å². The van der Waals surface area contributed by atoms with E-state index in [-0.39, 0.29) is 22.6 Å². The van der Waals surface area contributed by atoms with Crippen molar-refractivity contribution in [2.45, 2.75) is 49.5 Å². The predicted molar refractivity (Wildman–Crippen MR) is 163 cm³/mol. The van der Waals surface area contributed by atoms with Gasteiger partial charge in [0.2, 0.25) is 5.91 Å². The third-order valence-electron chi connectivity index (χ3n) is 7.01. The van der Waals surface area contributed by atoms with Gasteiger partial charge >= 0.3 is 0 Å². The average molecular weight is 609 g/mol. The molecule has 0 saturated heterocycles. The summed E-state index contributed by atoms with van der Waals surface area (Å²) in [6.07, 6.45) is 2.01. The second-order valence-corrected chi connectivity index (χ2v) is 14.0. The summed E-state index contributed by atoms with van der Waals surface area (Å²) in [5, 5.41) is 7.01. The first-order valence-corrected chi connectivity index (χ1v) is 16.3. The number of rotatable bonds is 12. The van der Waals surface area contributed by atoms with Gasteiger partial charge in [-0.15, -0.1) is 11.3 Å². The largest absolute Gasteiger partial charge is 0.493 e. The number of carbonyl (C=O) groups is 1. The summed E-state index contributed by atoms with van der Waals surface area (Å²) in [6.45, 7) is 6.70. The van der Waals surface area contributed by atoms with Crippen molar-refractivity contribution in [1.29, 1.82) is 0 Å². The number of nitrogens with one attached hydrogen (secondary N) is 2. The summed E-state index contributed by atoms with van der Waals surface area (Å²) in [5.74, 6) is 1.11. The van der Waals surface area contributed by atoms with Crippen LogP contribution in [0.5, 0.6) is 5.75 Å². The Morgan fingerprint density at radius 2 is 1.93 bits per heavy atom. The van der Waals surface area contributed by atoms with Crippen LogP contribution in [0.4, 0.5) is 0 Å². The number of ether oxygens (including phenoxy) is 1. The molecule has 0 spiro atoms. The Labute approximate surface area is 250 Å². The number of thiophene rings is 1. The van der Waals surface area contributed by atoms with E-state index in [0.29, 0.717) is 35.1 Å². The Balaban J connectivity index is 1.29. The molecule has 0 saturated carbocycles. The van der Waals surface area contributed by atoms with Gasteiger partial charge in [0.25, 0.3) is 10.0 Å². The molecule has 2 aromatic carbocycles. The lowest BCUT2D eigenvalue weighted by molar-refractivity contribution is -0.122. The van der Waals surface area contributed by atoms with E-state index in [1.807, 2.05) is 36.4 Å². The van der Waals surface area contributed by atoms with Crippen LogP contribution in [0.25, 0.3) is 10.6 Å². The highest BCUT2D eigenvalue weighted by Crippen LogP contribution is 2.34. The Kier molecular flexibility index (Phi) is 9.42. The molecule has 9 nitrogen and oxygen atoms in total. The molecule has 11 heteroatoms. The molecule has 1 amide bonds. The van der Waals surface area contributed by atoms with Crippen molar-refractivity contribution in [1.82, 2.24) is 20.1 Å². The van der Waals surface area contributed by atoms with E-state index in [2.05, 4.69) is 53.1 Å². The molecule has 1 aliphatic heterocycles. The topological polar surface area (TPSA) is 114 Å². The molecule has 2 N–H and O–H groups in total. The van der Waals surface area contributed by atoms with Crippen molar-refractivity contribution in [2.75, 3.05) is 20.2 Å². The Morgan fingerprint density at radius 3 is 2.67 bits per heavy atom. The van der Waals surface area contributed by atoms with Gasteiger partial charge in [-0.1, -0.05) is 61.5 Å². The fraction of sp³-hybridized carbons (Fsp3) is 0.355. The SMILES string of the molecule is CC(C)CN(C)Cc1ccc2c(c1)OCCC2NC(=O)CC(NS(=O)(=O)c1ccc(-c2ccon2)s1)c1ccccc1. The number of carbonyl (C=O) groups excluding carboxylic acids is 1.